The number of aliphatic hydroxyl groups is 1. The molecule has 0 spiro atoms. The molecule has 6 heteroatoms. The Morgan fingerprint density at radius 2 is 1.15 bits per heavy atom. The fraction of sp³-hybridized carbons (Fsp3) is 1.00. The van der Waals surface area contributed by atoms with Crippen LogP contribution < -0.4 is 29.6 Å². The third-order valence-corrected chi connectivity index (χ3v) is 6.29. The summed E-state index contributed by atoms with van der Waals surface area (Å²) in [5, 5.41) is 9.02. The van der Waals surface area contributed by atoms with Crippen LogP contribution in [0.25, 0.3) is 0 Å². The van der Waals surface area contributed by atoms with Crippen molar-refractivity contribution in [3.05, 3.63) is 0 Å². The second-order valence-corrected chi connectivity index (χ2v) is 9.11. The third kappa shape index (κ3) is 18.2. The minimum atomic E-state index is -4.25. The monoisotopic (exact) mass is 400 g/mol. The Morgan fingerprint density at radius 1 is 0.692 bits per heavy atom. The molecule has 0 radical (unpaired) electrons. The van der Waals surface area contributed by atoms with Crippen molar-refractivity contribution in [3.63, 3.8) is 0 Å². The SMILES string of the molecule is CCCCCCCCCCCCC(CCC(O)CCCC)S(=O)(=O)[O-].[Na+]. The Labute approximate surface area is 185 Å². The zero-order chi connectivity index (χ0) is 19.0. The fourth-order valence-corrected chi connectivity index (χ4v) is 4.13. The van der Waals surface area contributed by atoms with E-state index in [-0.39, 0.29) is 29.6 Å². The molecule has 0 saturated heterocycles. The van der Waals surface area contributed by atoms with Crippen LogP contribution in [-0.2, 0) is 10.1 Å². The Bertz CT molecular complexity index is 387. The average Bonchev–Trinajstić information content (AvgIpc) is 2.56. The smallest absolute Gasteiger partial charge is 0.748 e. The third-order valence-electron chi connectivity index (χ3n) is 5.00. The van der Waals surface area contributed by atoms with Gasteiger partial charge in [0.1, 0.15) is 0 Å². The van der Waals surface area contributed by atoms with E-state index in [0.717, 1.165) is 32.1 Å². The molecule has 0 aromatic carbocycles. The van der Waals surface area contributed by atoms with Crippen molar-refractivity contribution in [2.75, 3.05) is 0 Å². The van der Waals surface area contributed by atoms with E-state index in [1.165, 1.54) is 44.9 Å². The van der Waals surface area contributed by atoms with E-state index in [0.29, 0.717) is 25.7 Å². The first kappa shape index (κ1) is 29.1. The van der Waals surface area contributed by atoms with Crippen molar-refractivity contribution in [2.45, 2.75) is 128 Å². The van der Waals surface area contributed by atoms with Gasteiger partial charge in [0.2, 0.25) is 0 Å². The molecular formula is C20H41NaO4S. The maximum atomic E-state index is 11.4. The molecule has 0 aliphatic heterocycles. The van der Waals surface area contributed by atoms with Gasteiger partial charge in [-0.25, -0.2) is 8.42 Å². The summed E-state index contributed by atoms with van der Waals surface area (Å²) >= 11 is 0. The van der Waals surface area contributed by atoms with E-state index in [1.807, 2.05) is 0 Å². The second-order valence-electron chi connectivity index (χ2n) is 7.46. The fourth-order valence-electron chi connectivity index (χ4n) is 3.25. The summed E-state index contributed by atoms with van der Waals surface area (Å²) in [6.07, 6.45) is 15.3. The molecule has 152 valence electrons. The van der Waals surface area contributed by atoms with Crippen LogP contribution in [0.5, 0.6) is 0 Å². The summed E-state index contributed by atoms with van der Waals surface area (Å²) in [5.74, 6) is 0. The molecule has 0 rings (SSSR count). The number of hydrogen-bond acceptors (Lipinski definition) is 4. The van der Waals surface area contributed by atoms with Gasteiger partial charge in [-0.2, -0.15) is 0 Å². The van der Waals surface area contributed by atoms with Gasteiger partial charge in [-0.05, 0) is 25.7 Å². The molecular weight excluding hydrogens is 359 g/mol. The van der Waals surface area contributed by atoms with Crippen LogP contribution in [0.15, 0.2) is 0 Å². The van der Waals surface area contributed by atoms with E-state index in [9.17, 15) is 18.1 Å². The van der Waals surface area contributed by atoms with E-state index >= 15 is 0 Å². The summed E-state index contributed by atoms with van der Waals surface area (Å²) in [7, 11) is -4.25. The largest absolute Gasteiger partial charge is 1.00 e. The molecule has 2 atom stereocenters. The minimum Gasteiger partial charge on any atom is -0.748 e. The molecule has 0 heterocycles. The van der Waals surface area contributed by atoms with E-state index < -0.39 is 21.5 Å². The van der Waals surface area contributed by atoms with Crippen LogP contribution in [0.3, 0.4) is 0 Å². The summed E-state index contributed by atoms with van der Waals surface area (Å²) < 4.78 is 34.2. The summed E-state index contributed by atoms with van der Waals surface area (Å²) in [5.41, 5.74) is 0. The van der Waals surface area contributed by atoms with Crippen molar-refractivity contribution in [1.82, 2.24) is 0 Å². The van der Waals surface area contributed by atoms with Crippen LogP contribution in [0.1, 0.15) is 117 Å². The zero-order valence-corrected chi connectivity index (χ0v) is 20.4. The number of aliphatic hydroxyl groups excluding tert-OH is 1. The first-order valence-corrected chi connectivity index (χ1v) is 12.0. The van der Waals surface area contributed by atoms with Crippen molar-refractivity contribution >= 4 is 10.1 Å². The molecule has 0 aliphatic rings. The van der Waals surface area contributed by atoms with Gasteiger partial charge in [-0.3, -0.25) is 0 Å². The number of rotatable bonds is 18. The first-order chi connectivity index (χ1) is 11.9. The maximum Gasteiger partial charge on any atom is 1.00 e. The summed E-state index contributed by atoms with van der Waals surface area (Å²) in [6.45, 7) is 4.28. The van der Waals surface area contributed by atoms with Crippen LogP contribution in [0.2, 0.25) is 0 Å². The van der Waals surface area contributed by atoms with Crippen molar-refractivity contribution < 1.29 is 47.6 Å². The number of hydrogen-bond donors (Lipinski definition) is 1. The van der Waals surface area contributed by atoms with Crippen LogP contribution in [0.4, 0.5) is 0 Å². The van der Waals surface area contributed by atoms with Gasteiger partial charge in [-0.1, -0.05) is 90.9 Å². The molecule has 0 saturated carbocycles. The van der Waals surface area contributed by atoms with E-state index in [1.54, 1.807) is 0 Å². The molecule has 0 aromatic heterocycles. The average molecular weight is 401 g/mol. The quantitative estimate of drug-likeness (QED) is 0.218. The molecule has 4 nitrogen and oxygen atoms in total. The van der Waals surface area contributed by atoms with Gasteiger partial charge >= 0.3 is 29.6 Å². The Morgan fingerprint density at radius 3 is 1.62 bits per heavy atom. The first-order valence-electron chi connectivity index (χ1n) is 10.5. The van der Waals surface area contributed by atoms with Gasteiger partial charge in [0.15, 0.2) is 0 Å². The Hall–Kier alpha value is 0.870. The molecule has 0 fully saturated rings. The van der Waals surface area contributed by atoms with Gasteiger partial charge < -0.3 is 9.66 Å². The standard InChI is InChI=1S/C20H42O4S.Na/c1-3-5-7-8-9-10-11-12-13-14-16-20(25(22,23)24)18-17-19(21)15-6-4-2;/h19-21H,3-18H2,1-2H3,(H,22,23,24);/q;+1/p-1. The second kappa shape index (κ2) is 19.2. The van der Waals surface area contributed by atoms with Crippen molar-refractivity contribution in [1.29, 1.82) is 0 Å². The zero-order valence-electron chi connectivity index (χ0n) is 17.5. The minimum absolute atomic E-state index is 0. The van der Waals surface area contributed by atoms with Gasteiger partial charge in [0, 0.05) is 5.25 Å². The Balaban J connectivity index is 0. The molecule has 0 aromatic rings. The van der Waals surface area contributed by atoms with Gasteiger partial charge in [0.25, 0.3) is 0 Å². The van der Waals surface area contributed by atoms with Crippen LogP contribution in [-0.4, -0.2) is 29.4 Å². The number of unbranched alkanes of at least 4 members (excludes halogenated alkanes) is 10. The predicted octanol–water partition coefficient (Wildman–Crippen LogP) is 2.55. The predicted molar refractivity (Wildman–Crippen MR) is 105 cm³/mol. The topological polar surface area (TPSA) is 77.4 Å². The Kier molecular flexibility index (Phi) is 21.5. The van der Waals surface area contributed by atoms with Gasteiger partial charge in [0.05, 0.1) is 16.2 Å². The van der Waals surface area contributed by atoms with E-state index in [2.05, 4.69) is 13.8 Å². The molecule has 0 aliphatic carbocycles. The summed E-state index contributed by atoms with van der Waals surface area (Å²) in [6, 6.07) is 0. The summed E-state index contributed by atoms with van der Waals surface area (Å²) in [4.78, 5) is 0. The maximum absolute atomic E-state index is 11.4. The van der Waals surface area contributed by atoms with Crippen LogP contribution in [0, 0.1) is 0 Å². The van der Waals surface area contributed by atoms with Gasteiger partial charge in [-0.15, -0.1) is 0 Å². The molecule has 0 bridgehead atoms. The van der Waals surface area contributed by atoms with Crippen molar-refractivity contribution in [3.8, 4) is 0 Å². The molecule has 0 amide bonds. The van der Waals surface area contributed by atoms with E-state index in [4.69, 9.17) is 0 Å². The van der Waals surface area contributed by atoms with Crippen molar-refractivity contribution in [2.24, 2.45) is 0 Å². The molecule has 2 unspecified atom stereocenters. The molecule has 1 N–H and O–H groups in total. The normalized spacial score (nSPS) is 14.0. The molecule has 26 heavy (non-hydrogen) atoms. The van der Waals surface area contributed by atoms with Crippen LogP contribution >= 0.6 is 0 Å².